The van der Waals surface area contributed by atoms with E-state index in [0.717, 1.165) is 17.7 Å². The van der Waals surface area contributed by atoms with E-state index in [2.05, 4.69) is 5.32 Å². The van der Waals surface area contributed by atoms with Crippen molar-refractivity contribution < 1.29 is 14.7 Å². The predicted octanol–water partition coefficient (Wildman–Crippen LogP) is 1.52. The number of aliphatic carboxylic acids is 1. The lowest BCUT2D eigenvalue weighted by Crippen LogP contribution is -2.44. The van der Waals surface area contributed by atoms with Gasteiger partial charge in [0.05, 0.1) is 11.8 Å². The van der Waals surface area contributed by atoms with E-state index in [1.54, 1.807) is 4.90 Å². The lowest BCUT2D eigenvalue weighted by Gasteiger charge is -2.32. The highest BCUT2D eigenvalue weighted by molar-refractivity contribution is 5.88. The Morgan fingerprint density at radius 2 is 2.10 bits per heavy atom. The van der Waals surface area contributed by atoms with Gasteiger partial charge in [0.2, 0.25) is 5.91 Å². The molecule has 2 unspecified atom stereocenters. The second-order valence-corrected chi connectivity index (χ2v) is 5.48. The van der Waals surface area contributed by atoms with Crippen LogP contribution in [-0.4, -0.2) is 41.5 Å². The van der Waals surface area contributed by atoms with Gasteiger partial charge in [-0.25, -0.2) is 0 Å². The number of nitrogens with one attached hydrogen (secondary N) is 1. The van der Waals surface area contributed by atoms with E-state index < -0.39 is 11.9 Å². The molecule has 0 spiro atoms. The van der Waals surface area contributed by atoms with Crippen LogP contribution in [0.1, 0.15) is 24.3 Å². The topological polar surface area (TPSA) is 69.6 Å². The first-order valence-electron chi connectivity index (χ1n) is 7.01. The number of anilines is 1. The van der Waals surface area contributed by atoms with Crippen LogP contribution in [0.4, 0.5) is 5.69 Å². The first-order valence-corrected chi connectivity index (χ1v) is 7.01. The van der Waals surface area contributed by atoms with Crippen LogP contribution in [-0.2, 0) is 9.59 Å². The predicted molar refractivity (Wildman–Crippen MR) is 74.6 cm³/mol. The van der Waals surface area contributed by atoms with Crippen molar-refractivity contribution in [1.29, 1.82) is 0 Å². The van der Waals surface area contributed by atoms with Crippen LogP contribution >= 0.6 is 0 Å². The quantitative estimate of drug-likeness (QED) is 0.858. The summed E-state index contributed by atoms with van der Waals surface area (Å²) < 4.78 is 0. The number of carbonyl (C=O) groups excluding carboxylic acids is 1. The molecule has 0 aromatic heterocycles. The minimum Gasteiger partial charge on any atom is -0.481 e. The van der Waals surface area contributed by atoms with Crippen molar-refractivity contribution in [2.45, 2.75) is 18.8 Å². The molecule has 20 heavy (non-hydrogen) atoms. The van der Waals surface area contributed by atoms with Crippen molar-refractivity contribution >= 4 is 17.6 Å². The molecule has 1 aromatic rings. The Bertz CT molecular complexity index is 544. The number of carboxylic acid groups (broad SMARTS) is 1. The molecule has 0 radical (unpaired) electrons. The van der Waals surface area contributed by atoms with Gasteiger partial charge in [0, 0.05) is 25.3 Å². The minimum atomic E-state index is -0.799. The summed E-state index contributed by atoms with van der Waals surface area (Å²) in [7, 11) is 0. The number of fused-ring (bicyclic) bond motifs is 1. The van der Waals surface area contributed by atoms with E-state index in [0.29, 0.717) is 26.1 Å². The normalized spacial score (nSPS) is 24.9. The third kappa shape index (κ3) is 2.24. The summed E-state index contributed by atoms with van der Waals surface area (Å²) in [6, 6.07) is 7.82. The number of piperidine rings is 1. The molecular weight excluding hydrogens is 256 g/mol. The smallest absolute Gasteiger partial charge is 0.308 e. The fraction of sp³-hybridized carbons (Fsp3) is 0.467. The zero-order chi connectivity index (χ0) is 14.1. The molecule has 0 saturated carbocycles. The van der Waals surface area contributed by atoms with Crippen molar-refractivity contribution in [3.8, 4) is 0 Å². The number of hydrogen-bond acceptors (Lipinski definition) is 3. The molecule has 0 bridgehead atoms. The highest BCUT2D eigenvalue weighted by Crippen LogP contribution is 2.33. The molecule has 1 fully saturated rings. The molecule has 2 N–H and O–H groups in total. The number of amides is 1. The molecule has 0 aliphatic carbocycles. The standard InChI is InChI=1S/C15H18N2O3/c18-14(17-7-3-4-10(9-17)15(19)20)12-8-16-13-6-2-1-5-11(12)13/h1-2,5-6,10,12,16H,3-4,7-9H2,(H,19,20). The van der Waals surface area contributed by atoms with Crippen molar-refractivity contribution in [3.63, 3.8) is 0 Å². The maximum atomic E-state index is 12.6. The second kappa shape index (κ2) is 5.15. The number of benzene rings is 1. The van der Waals surface area contributed by atoms with Crippen LogP contribution in [0.2, 0.25) is 0 Å². The maximum absolute atomic E-state index is 12.6. The number of likely N-dealkylation sites (tertiary alicyclic amines) is 1. The summed E-state index contributed by atoms with van der Waals surface area (Å²) in [4.78, 5) is 25.4. The van der Waals surface area contributed by atoms with Crippen LogP contribution in [0, 0.1) is 5.92 Å². The van der Waals surface area contributed by atoms with Crippen LogP contribution in [0.25, 0.3) is 0 Å². The third-order valence-electron chi connectivity index (χ3n) is 4.21. The van der Waals surface area contributed by atoms with Crippen molar-refractivity contribution in [2.24, 2.45) is 5.92 Å². The Morgan fingerprint density at radius 1 is 1.30 bits per heavy atom. The zero-order valence-corrected chi connectivity index (χ0v) is 11.2. The lowest BCUT2D eigenvalue weighted by molar-refractivity contribution is -0.146. The first-order chi connectivity index (χ1) is 9.66. The molecule has 106 valence electrons. The fourth-order valence-electron chi connectivity index (χ4n) is 3.10. The maximum Gasteiger partial charge on any atom is 0.308 e. The van der Waals surface area contributed by atoms with E-state index in [9.17, 15) is 9.59 Å². The lowest BCUT2D eigenvalue weighted by atomic mass is 9.94. The number of nitrogens with zero attached hydrogens (tertiary/aromatic N) is 1. The summed E-state index contributed by atoms with van der Waals surface area (Å²) >= 11 is 0. The molecule has 5 heteroatoms. The van der Waals surface area contributed by atoms with Crippen LogP contribution in [0.3, 0.4) is 0 Å². The molecule has 2 heterocycles. The molecule has 1 amide bonds. The van der Waals surface area contributed by atoms with E-state index >= 15 is 0 Å². The highest BCUT2D eigenvalue weighted by atomic mass is 16.4. The summed E-state index contributed by atoms with van der Waals surface area (Å²) in [5, 5.41) is 12.4. The third-order valence-corrected chi connectivity index (χ3v) is 4.21. The number of carboxylic acids is 1. The van der Waals surface area contributed by atoms with Crippen LogP contribution < -0.4 is 5.32 Å². The van der Waals surface area contributed by atoms with Crippen molar-refractivity contribution in [2.75, 3.05) is 25.0 Å². The molecule has 2 aliphatic rings. The van der Waals surface area contributed by atoms with Crippen LogP contribution in [0.15, 0.2) is 24.3 Å². The van der Waals surface area contributed by atoms with E-state index in [-0.39, 0.29) is 11.8 Å². The Hall–Kier alpha value is -2.04. The average molecular weight is 274 g/mol. The zero-order valence-electron chi connectivity index (χ0n) is 11.2. The summed E-state index contributed by atoms with van der Waals surface area (Å²) in [5.74, 6) is -1.35. The van der Waals surface area contributed by atoms with E-state index in [1.807, 2.05) is 24.3 Å². The Labute approximate surface area is 117 Å². The van der Waals surface area contributed by atoms with E-state index in [1.165, 1.54) is 0 Å². The average Bonchev–Trinajstić information content (AvgIpc) is 2.90. The summed E-state index contributed by atoms with van der Waals surface area (Å²) in [6.45, 7) is 1.61. The minimum absolute atomic E-state index is 0.0494. The van der Waals surface area contributed by atoms with Gasteiger partial charge in [0.25, 0.3) is 0 Å². The van der Waals surface area contributed by atoms with Gasteiger partial charge in [-0.1, -0.05) is 18.2 Å². The highest BCUT2D eigenvalue weighted by Gasteiger charge is 2.35. The van der Waals surface area contributed by atoms with Gasteiger partial charge in [-0.05, 0) is 24.5 Å². The molecular formula is C15H18N2O3. The molecule has 3 rings (SSSR count). The van der Waals surface area contributed by atoms with Crippen molar-refractivity contribution in [3.05, 3.63) is 29.8 Å². The fourth-order valence-corrected chi connectivity index (χ4v) is 3.10. The molecule has 5 nitrogen and oxygen atoms in total. The number of para-hydroxylation sites is 1. The van der Waals surface area contributed by atoms with Gasteiger partial charge in [-0.15, -0.1) is 0 Å². The van der Waals surface area contributed by atoms with Gasteiger partial charge in [-0.3, -0.25) is 9.59 Å². The SMILES string of the molecule is O=C(O)C1CCCN(C(=O)C2CNc3ccccc32)C1. The first kappa shape index (κ1) is 13.0. The molecule has 1 saturated heterocycles. The largest absolute Gasteiger partial charge is 0.481 e. The number of carbonyl (C=O) groups is 2. The number of rotatable bonds is 2. The monoisotopic (exact) mass is 274 g/mol. The van der Waals surface area contributed by atoms with Crippen LogP contribution in [0.5, 0.6) is 0 Å². The molecule has 2 atom stereocenters. The Balaban J connectivity index is 1.75. The van der Waals surface area contributed by atoms with Gasteiger partial charge in [-0.2, -0.15) is 0 Å². The summed E-state index contributed by atoms with van der Waals surface area (Å²) in [5.41, 5.74) is 2.03. The van der Waals surface area contributed by atoms with Crippen molar-refractivity contribution in [1.82, 2.24) is 4.90 Å². The number of hydrogen-bond donors (Lipinski definition) is 2. The van der Waals surface area contributed by atoms with E-state index in [4.69, 9.17) is 5.11 Å². The Kier molecular flexibility index (Phi) is 3.34. The van der Waals surface area contributed by atoms with Gasteiger partial charge in [0.1, 0.15) is 0 Å². The van der Waals surface area contributed by atoms with Gasteiger partial charge >= 0.3 is 5.97 Å². The second-order valence-electron chi connectivity index (χ2n) is 5.48. The Morgan fingerprint density at radius 3 is 2.90 bits per heavy atom. The molecule has 1 aromatic carbocycles. The van der Waals surface area contributed by atoms with Gasteiger partial charge in [0.15, 0.2) is 0 Å². The summed E-state index contributed by atoms with van der Waals surface area (Å²) in [6.07, 6.45) is 1.43. The van der Waals surface area contributed by atoms with Gasteiger partial charge < -0.3 is 15.3 Å². The molecule has 2 aliphatic heterocycles.